The highest BCUT2D eigenvalue weighted by molar-refractivity contribution is 7.80. The Hall–Kier alpha value is -2.41. The van der Waals surface area contributed by atoms with Crippen molar-refractivity contribution in [1.29, 1.82) is 0 Å². The van der Waals surface area contributed by atoms with Crippen LogP contribution in [0.15, 0.2) is 0 Å². The Morgan fingerprint density at radius 2 is 1.14 bits per heavy atom. The summed E-state index contributed by atoms with van der Waals surface area (Å²) in [6, 6.07) is -0.791. The van der Waals surface area contributed by atoms with Crippen LogP contribution in [0.2, 0.25) is 0 Å². The predicted molar refractivity (Wildman–Crippen MR) is 83.5 cm³/mol. The highest BCUT2D eigenvalue weighted by Gasteiger charge is 2.07. The van der Waals surface area contributed by atoms with Crippen molar-refractivity contribution in [2.24, 2.45) is 0 Å². The summed E-state index contributed by atoms with van der Waals surface area (Å²) < 4.78 is 9.14. The molecule has 0 fully saturated rings. The van der Waals surface area contributed by atoms with Crippen LogP contribution in [-0.4, -0.2) is 41.7 Å². The molecule has 0 aliphatic rings. The zero-order valence-electron chi connectivity index (χ0n) is 11.8. The molecule has 0 spiro atoms. The molecule has 0 saturated heterocycles. The van der Waals surface area contributed by atoms with Gasteiger partial charge in [-0.3, -0.25) is 21.5 Å². The molecular formula is C9H16N6O5S2. The number of amides is 4. The van der Waals surface area contributed by atoms with Crippen LogP contribution in [0.25, 0.3) is 0 Å². The summed E-state index contributed by atoms with van der Waals surface area (Å²) in [7, 11) is 0. The molecule has 0 aromatic heterocycles. The molecule has 0 aromatic carbocycles. The fraction of sp³-hybridized carbons (Fsp3) is 0.444. The van der Waals surface area contributed by atoms with E-state index in [1.165, 1.54) is 0 Å². The normalized spacial score (nSPS) is 8.82. The Balaban J connectivity index is 3.86. The summed E-state index contributed by atoms with van der Waals surface area (Å²) in [5.74, 6) is 0. The van der Waals surface area contributed by atoms with Gasteiger partial charge in [-0.2, -0.15) is 0 Å². The van der Waals surface area contributed by atoms with E-state index in [-0.39, 0.29) is 23.4 Å². The zero-order chi connectivity index (χ0) is 17.0. The van der Waals surface area contributed by atoms with E-state index >= 15 is 0 Å². The van der Waals surface area contributed by atoms with Gasteiger partial charge in [0.2, 0.25) is 0 Å². The first kappa shape index (κ1) is 19.6. The van der Waals surface area contributed by atoms with Crippen molar-refractivity contribution < 1.29 is 23.9 Å². The van der Waals surface area contributed by atoms with Crippen molar-refractivity contribution in [3.8, 4) is 0 Å². The van der Waals surface area contributed by atoms with Crippen molar-refractivity contribution in [3.63, 3.8) is 0 Å². The molecule has 6 N–H and O–H groups in total. The second-order valence-electron chi connectivity index (χ2n) is 3.18. The molecule has 0 aliphatic heterocycles. The van der Waals surface area contributed by atoms with Gasteiger partial charge in [0.1, 0.15) is 0 Å². The van der Waals surface area contributed by atoms with E-state index in [1.807, 2.05) is 0 Å². The summed E-state index contributed by atoms with van der Waals surface area (Å²) in [6.45, 7) is 3.61. The van der Waals surface area contributed by atoms with Gasteiger partial charge in [-0.25, -0.2) is 25.2 Å². The zero-order valence-corrected chi connectivity index (χ0v) is 13.4. The van der Waals surface area contributed by atoms with Crippen LogP contribution in [0.5, 0.6) is 0 Å². The molecule has 0 saturated carbocycles. The minimum atomic E-state index is -0.791. The van der Waals surface area contributed by atoms with Crippen molar-refractivity contribution in [2.75, 3.05) is 13.2 Å². The number of hydrogen-bond donors (Lipinski definition) is 6. The molecule has 22 heavy (non-hydrogen) atoms. The summed E-state index contributed by atoms with van der Waals surface area (Å²) in [5.41, 5.74) is 8.61. The molecule has 0 aromatic rings. The van der Waals surface area contributed by atoms with Crippen molar-refractivity contribution >= 4 is 52.9 Å². The number of hydrogen-bond acceptors (Lipinski definition) is 7. The lowest BCUT2D eigenvalue weighted by Gasteiger charge is -2.13. The lowest BCUT2D eigenvalue weighted by Crippen LogP contribution is -2.56. The fourth-order valence-corrected chi connectivity index (χ4v) is 1.11. The molecule has 124 valence electrons. The summed E-state index contributed by atoms with van der Waals surface area (Å²) >= 11 is 9.40. The third-order valence-electron chi connectivity index (χ3n) is 1.56. The second-order valence-corrected chi connectivity index (χ2v) is 3.99. The van der Waals surface area contributed by atoms with Crippen LogP contribution in [0.4, 0.5) is 14.4 Å². The maximum atomic E-state index is 11.3. The Bertz CT molecular complexity index is 408. The van der Waals surface area contributed by atoms with Crippen LogP contribution in [0.1, 0.15) is 13.8 Å². The van der Waals surface area contributed by atoms with Crippen molar-refractivity contribution in [1.82, 2.24) is 32.3 Å². The number of carbonyl (C=O) groups is 3. The first-order valence-electron chi connectivity index (χ1n) is 5.92. The van der Waals surface area contributed by atoms with Crippen LogP contribution < -0.4 is 32.3 Å². The molecule has 11 nitrogen and oxygen atoms in total. The molecule has 0 unspecified atom stereocenters. The van der Waals surface area contributed by atoms with Gasteiger partial charge in [0.15, 0.2) is 10.2 Å². The maximum Gasteiger partial charge on any atom is 0.413 e. The molecule has 4 amide bonds. The van der Waals surface area contributed by atoms with Gasteiger partial charge in [0, 0.05) is 0 Å². The molecule has 13 heteroatoms. The second kappa shape index (κ2) is 11.3. The number of rotatable bonds is 2. The third-order valence-corrected chi connectivity index (χ3v) is 1.97. The first-order chi connectivity index (χ1) is 10.4. The highest BCUT2D eigenvalue weighted by atomic mass is 32.1. The minimum absolute atomic E-state index is 0.178. The Labute approximate surface area is 136 Å². The number of ether oxygens (including phenoxy) is 2. The summed E-state index contributed by atoms with van der Waals surface area (Å²) in [6.07, 6.45) is -1.53. The average Bonchev–Trinajstić information content (AvgIpc) is 2.43. The van der Waals surface area contributed by atoms with Gasteiger partial charge >= 0.3 is 18.2 Å². The van der Waals surface area contributed by atoms with Gasteiger partial charge in [-0.05, 0) is 38.3 Å². The lowest BCUT2D eigenvalue weighted by atomic mass is 10.8. The number of alkyl carbamates (subject to hydrolysis) is 2. The van der Waals surface area contributed by atoms with E-state index in [2.05, 4.69) is 41.8 Å². The maximum absolute atomic E-state index is 11.3. The standard InChI is InChI=1S/C9H16N6O5S2/c1-3-19-8(17)10-6(21)14-12-5(16)13-15-7(22)11-9(18)20-4-2/h3-4H2,1-2H3,(H2,12,13,16)(H2,10,14,17,21)(H2,11,15,18,22). The molecule has 0 aliphatic carbocycles. The molecule has 0 radical (unpaired) electrons. The molecule has 0 bridgehead atoms. The van der Waals surface area contributed by atoms with E-state index < -0.39 is 18.2 Å². The molecule has 0 heterocycles. The number of carbonyl (C=O) groups excluding carboxylic acids is 3. The van der Waals surface area contributed by atoms with E-state index in [0.29, 0.717) is 0 Å². The van der Waals surface area contributed by atoms with Gasteiger partial charge in [-0.15, -0.1) is 0 Å². The monoisotopic (exact) mass is 352 g/mol. The summed E-state index contributed by atoms with van der Waals surface area (Å²) in [5, 5.41) is 3.92. The average molecular weight is 352 g/mol. The topological polar surface area (TPSA) is 142 Å². The van der Waals surface area contributed by atoms with E-state index in [0.717, 1.165) is 0 Å². The molecule has 0 rings (SSSR count). The van der Waals surface area contributed by atoms with Crippen LogP contribution in [0.3, 0.4) is 0 Å². The number of thiocarbonyl (C=S) groups is 2. The van der Waals surface area contributed by atoms with E-state index in [9.17, 15) is 14.4 Å². The smallest absolute Gasteiger partial charge is 0.413 e. The van der Waals surface area contributed by atoms with Crippen LogP contribution >= 0.6 is 24.4 Å². The van der Waals surface area contributed by atoms with E-state index in [4.69, 9.17) is 24.4 Å². The Morgan fingerprint density at radius 1 is 0.773 bits per heavy atom. The first-order valence-corrected chi connectivity index (χ1v) is 6.74. The van der Waals surface area contributed by atoms with Crippen molar-refractivity contribution in [2.45, 2.75) is 13.8 Å². The quantitative estimate of drug-likeness (QED) is 0.282. The number of urea groups is 1. The Morgan fingerprint density at radius 3 is 1.45 bits per heavy atom. The third kappa shape index (κ3) is 10.4. The van der Waals surface area contributed by atoms with Crippen molar-refractivity contribution in [3.05, 3.63) is 0 Å². The molecule has 0 atom stereocenters. The summed E-state index contributed by atoms with van der Waals surface area (Å²) in [4.78, 5) is 33.3. The fourth-order valence-electron chi connectivity index (χ4n) is 0.841. The van der Waals surface area contributed by atoms with Gasteiger partial charge in [0.05, 0.1) is 13.2 Å². The van der Waals surface area contributed by atoms with Crippen LogP contribution in [-0.2, 0) is 9.47 Å². The Kier molecular flexibility index (Phi) is 10.0. The molecular weight excluding hydrogens is 336 g/mol. The van der Waals surface area contributed by atoms with Gasteiger partial charge in [0.25, 0.3) is 0 Å². The predicted octanol–water partition coefficient (Wildman–Crippen LogP) is -0.643. The van der Waals surface area contributed by atoms with Gasteiger partial charge in [-0.1, -0.05) is 0 Å². The van der Waals surface area contributed by atoms with E-state index in [1.54, 1.807) is 13.8 Å². The minimum Gasteiger partial charge on any atom is -0.450 e. The lowest BCUT2D eigenvalue weighted by molar-refractivity contribution is 0.156. The largest absolute Gasteiger partial charge is 0.450 e. The highest BCUT2D eigenvalue weighted by Crippen LogP contribution is 1.77. The van der Waals surface area contributed by atoms with Gasteiger partial charge < -0.3 is 9.47 Å². The number of hydrazine groups is 2. The van der Waals surface area contributed by atoms with Crippen LogP contribution in [0, 0.1) is 0 Å². The SMILES string of the molecule is CCOC(=O)NC(=S)NNC(=O)NNC(=S)NC(=O)OCC. The number of nitrogens with one attached hydrogen (secondary N) is 6.